The fourth-order valence-corrected chi connectivity index (χ4v) is 2.82. The molecule has 0 spiro atoms. The van der Waals surface area contributed by atoms with E-state index in [-0.39, 0.29) is 0 Å². The summed E-state index contributed by atoms with van der Waals surface area (Å²) in [5, 5.41) is 10.2. The molecule has 21 heavy (non-hydrogen) atoms. The molecule has 2 rings (SSSR count). The molecule has 0 radical (unpaired) electrons. The first kappa shape index (κ1) is 16.1. The highest BCUT2D eigenvalue weighted by molar-refractivity contribution is 5.39. The standard InChI is InChI=1S/C17H28N2O2/c1-4-11-21-16-6-5-14(17(20)12-16)13-19(3)15-7-9-18(2)10-8-15/h5-6,12,15,20H,4,7-11,13H2,1-3H3. The van der Waals surface area contributed by atoms with Gasteiger partial charge in [0.25, 0.3) is 0 Å². The number of phenols is 1. The Hall–Kier alpha value is -1.26. The molecule has 0 aromatic heterocycles. The average molecular weight is 292 g/mol. The third kappa shape index (κ3) is 4.61. The summed E-state index contributed by atoms with van der Waals surface area (Å²) >= 11 is 0. The van der Waals surface area contributed by atoms with Crippen molar-refractivity contribution in [2.45, 2.75) is 38.8 Å². The molecule has 1 heterocycles. The monoisotopic (exact) mass is 292 g/mol. The van der Waals surface area contributed by atoms with Gasteiger partial charge in [0.1, 0.15) is 11.5 Å². The van der Waals surface area contributed by atoms with Gasteiger partial charge in [-0.25, -0.2) is 0 Å². The van der Waals surface area contributed by atoms with Gasteiger partial charge in [-0.15, -0.1) is 0 Å². The Balaban J connectivity index is 1.92. The van der Waals surface area contributed by atoms with Crippen molar-refractivity contribution in [1.82, 2.24) is 9.80 Å². The first-order chi connectivity index (χ1) is 10.1. The molecule has 1 aliphatic rings. The molecule has 118 valence electrons. The number of hydrogen-bond donors (Lipinski definition) is 1. The van der Waals surface area contributed by atoms with Crippen LogP contribution < -0.4 is 4.74 Å². The summed E-state index contributed by atoms with van der Waals surface area (Å²) in [4.78, 5) is 4.73. The van der Waals surface area contributed by atoms with Crippen LogP contribution in [0.2, 0.25) is 0 Å². The van der Waals surface area contributed by atoms with E-state index in [9.17, 15) is 5.11 Å². The van der Waals surface area contributed by atoms with E-state index in [4.69, 9.17) is 4.74 Å². The summed E-state index contributed by atoms with van der Waals surface area (Å²) in [6, 6.07) is 6.27. The van der Waals surface area contributed by atoms with Crippen molar-refractivity contribution >= 4 is 0 Å². The van der Waals surface area contributed by atoms with Gasteiger partial charge < -0.3 is 14.7 Å². The van der Waals surface area contributed by atoms with E-state index in [0.717, 1.165) is 37.4 Å². The summed E-state index contributed by atoms with van der Waals surface area (Å²) in [6.45, 7) is 5.86. The predicted octanol–water partition coefficient (Wildman–Crippen LogP) is 2.71. The van der Waals surface area contributed by atoms with Crippen LogP contribution in [0.4, 0.5) is 0 Å². The van der Waals surface area contributed by atoms with Crippen LogP contribution in [0.1, 0.15) is 31.7 Å². The molecule has 0 atom stereocenters. The summed E-state index contributed by atoms with van der Waals surface area (Å²) in [6.07, 6.45) is 3.37. The normalized spacial score (nSPS) is 17.3. The maximum atomic E-state index is 10.2. The van der Waals surface area contributed by atoms with Crippen LogP contribution in [-0.4, -0.2) is 54.7 Å². The first-order valence-corrected chi connectivity index (χ1v) is 7.93. The van der Waals surface area contributed by atoms with Crippen molar-refractivity contribution in [3.8, 4) is 11.5 Å². The van der Waals surface area contributed by atoms with Crippen LogP contribution in [0.5, 0.6) is 11.5 Å². The van der Waals surface area contributed by atoms with Crippen LogP contribution in [0.3, 0.4) is 0 Å². The molecule has 0 unspecified atom stereocenters. The zero-order valence-electron chi connectivity index (χ0n) is 13.5. The Morgan fingerprint density at radius 3 is 2.67 bits per heavy atom. The van der Waals surface area contributed by atoms with Crippen LogP contribution in [0, 0.1) is 0 Å². The van der Waals surface area contributed by atoms with Gasteiger partial charge in [0.2, 0.25) is 0 Å². The molecular weight excluding hydrogens is 264 g/mol. The number of aromatic hydroxyl groups is 1. The van der Waals surface area contributed by atoms with E-state index in [0.29, 0.717) is 18.4 Å². The number of phenolic OH excluding ortho intramolecular Hbond substituents is 1. The molecule has 0 amide bonds. The maximum absolute atomic E-state index is 10.2. The van der Waals surface area contributed by atoms with E-state index in [1.807, 2.05) is 12.1 Å². The molecule has 1 aliphatic heterocycles. The summed E-state index contributed by atoms with van der Waals surface area (Å²) in [5.74, 6) is 1.09. The lowest BCUT2D eigenvalue weighted by molar-refractivity contribution is 0.138. The molecule has 4 nitrogen and oxygen atoms in total. The summed E-state index contributed by atoms with van der Waals surface area (Å²) in [5.41, 5.74) is 0.972. The highest BCUT2D eigenvalue weighted by Crippen LogP contribution is 2.26. The zero-order chi connectivity index (χ0) is 15.2. The topological polar surface area (TPSA) is 35.9 Å². The molecule has 1 aromatic rings. The third-order valence-corrected chi connectivity index (χ3v) is 4.26. The summed E-state index contributed by atoms with van der Waals surface area (Å²) in [7, 11) is 4.33. The van der Waals surface area contributed by atoms with E-state index >= 15 is 0 Å². The smallest absolute Gasteiger partial charge is 0.123 e. The second-order valence-electron chi connectivity index (χ2n) is 6.09. The lowest BCUT2D eigenvalue weighted by Crippen LogP contribution is -2.41. The SMILES string of the molecule is CCCOc1ccc(CN(C)C2CCN(C)CC2)c(O)c1. The van der Waals surface area contributed by atoms with E-state index in [2.05, 4.69) is 30.8 Å². The van der Waals surface area contributed by atoms with Gasteiger partial charge in [-0.1, -0.05) is 13.0 Å². The molecule has 1 saturated heterocycles. The van der Waals surface area contributed by atoms with Gasteiger partial charge in [0.15, 0.2) is 0 Å². The number of benzene rings is 1. The molecule has 0 bridgehead atoms. The first-order valence-electron chi connectivity index (χ1n) is 7.93. The number of nitrogens with zero attached hydrogens (tertiary/aromatic N) is 2. The van der Waals surface area contributed by atoms with Crippen molar-refractivity contribution in [3.63, 3.8) is 0 Å². The minimum Gasteiger partial charge on any atom is -0.507 e. The maximum Gasteiger partial charge on any atom is 0.123 e. The van der Waals surface area contributed by atoms with Gasteiger partial charge in [0, 0.05) is 24.2 Å². The third-order valence-electron chi connectivity index (χ3n) is 4.26. The molecule has 0 saturated carbocycles. The zero-order valence-corrected chi connectivity index (χ0v) is 13.5. The van der Waals surface area contributed by atoms with Crippen LogP contribution in [-0.2, 0) is 6.54 Å². The molecule has 0 aliphatic carbocycles. The number of hydrogen-bond acceptors (Lipinski definition) is 4. The molecule has 4 heteroatoms. The highest BCUT2D eigenvalue weighted by atomic mass is 16.5. The lowest BCUT2D eigenvalue weighted by Gasteiger charge is -2.35. The van der Waals surface area contributed by atoms with E-state index < -0.39 is 0 Å². The number of piperidine rings is 1. The van der Waals surface area contributed by atoms with Crippen molar-refractivity contribution in [2.24, 2.45) is 0 Å². The molecular formula is C17H28N2O2. The van der Waals surface area contributed by atoms with E-state index in [1.54, 1.807) is 6.07 Å². The molecule has 1 aromatic carbocycles. The Morgan fingerprint density at radius 1 is 1.33 bits per heavy atom. The minimum absolute atomic E-state index is 0.336. The second kappa shape index (κ2) is 7.66. The predicted molar refractivity (Wildman–Crippen MR) is 85.9 cm³/mol. The van der Waals surface area contributed by atoms with Gasteiger partial charge in [-0.3, -0.25) is 4.90 Å². The van der Waals surface area contributed by atoms with Crippen molar-refractivity contribution in [1.29, 1.82) is 0 Å². The van der Waals surface area contributed by atoms with Gasteiger partial charge >= 0.3 is 0 Å². The second-order valence-corrected chi connectivity index (χ2v) is 6.09. The highest BCUT2D eigenvalue weighted by Gasteiger charge is 2.21. The summed E-state index contributed by atoms with van der Waals surface area (Å²) < 4.78 is 5.54. The van der Waals surface area contributed by atoms with Gasteiger partial charge in [-0.2, -0.15) is 0 Å². The fraction of sp³-hybridized carbons (Fsp3) is 0.647. The van der Waals surface area contributed by atoms with E-state index in [1.165, 1.54) is 12.8 Å². The van der Waals surface area contributed by atoms with Crippen molar-refractivity contribution in [3.05, 3.63) is 23.8 Å². The van der Waals surface area contributed by atoms with Crippen LogP contribution in [0.25, 0.3) is 0 Å². The quantitative estimate of drug-likeness (QED) is 0.874. The number of likely N-dealkylation sites (tertiary alicyclic amines) is 1. The minimum atomic E-state index is 0.336. The molecule has 1 fully saturated rings. The Morgan fingerprint density at radius 2 is 2.05 bits per heavy atom. The Bertz CT molecular complexity index is 442. The van der Waals surface area contributed by atoms with Gasteiger partial charge in [0.05, 0.1) is 6.61 Å². The number of rotatable bonds is 6. The van der Waals surface area contributed by atoms with Crippen molar-refractivity contribution < 1.29 is 9.84 Å². The van der Waals surface area contributed by atoms with Crippen LogP contribution >= 0.6 is 0 Å². The van der Waals surface area contributed by atoms with Crippen molar-refractivity contribution in [2.75, 3.05) is 33.8 Å². The number of ether oxygens (including phenoxy) is 1. The largest absolute Gasteiger partial charge is 0.507 e. The fourth-order valence-electron chi connectivity index (χ4n) is 2.82. The average Bonchev–Trinajstić information content (AvgIpc) is 2.48. The molecule has 1 N–H and O–H groups in total. The Kier molecular flexibility index (Phi) is 5.88. The Labute approximate surface area is 128 Å². The van der Waals surface area contributed by atoms with Gasteiger partial charge in [-0.05, 0) is 52.5 Å². The lowest BCUT2D eigenvalue weighted by atomic mass is 10.0. The van der Waals surface area contributed by atoms with Crippen LogP contribution in [0.15, 0.2) is 18.2 Å².